The summed E-state index contributed by atoms with van der Waals surface area (Å²) in [5.74, 6) is 0.533. The van der Waals surface area contributed by atoms with E-state index in [-0.39, 0.29) is 18.4 Å². The van der Waals surface area contributed by atoms with Crippen molar-refractivity contribution < 1.29 is 19.1 Å². The van der Waals surface area contributed by atoms with Crippen LogP contribution in [-0.2, 0) is 9.59 Å². The fourth-order valence-electron chi connectivity index (χ4n) is 2.14. The average Bonchev–Trinajstić information content (AvgIpc) is 2.68. The zero-order valence-electron chi connectivity index (χ0n) is 15.2. The maximum Gasteiger partial charge on any atom is 0.265 e. The molecule has 0 aliphatic heterocycles. The highest BCUT2D eigenvalue weighted by Gasteiger charge is 2.15. The first-order valence-corrected chi connectivity index (χ1v) is 8.49. The summed E-state index contributed by atoms with van der Waals surface area (Å²) in [6.07, 6.45) is -0.716. The quantitative estimate of drug-likeness (QED) is 0.746. The number of rotatable bonds is 8. The molecule has 7 nitrogen and oxygen atoms in total. The van der Waals surface area contributed by atoms with Gasteiger partial charge in [-0.2, -0.15) is 5.26 Å². The Balaban J connectivity index is 1.85. The largest absolute Gasteiger partial charge is 0.484 e. The molecule has 7 heteroatoms. The lowest BCUT2D eigenvalue weighted by Gasteiger charge is -2.15. The molecule has 2 aromatic rings. The third-order valence-corrected chi connectivity index (χ3v) is 3.53. The molecule has 0 radical (unpaired) electrons. The second-order valence-corrected chi connectivity index (χ2v) is 5.65. The lowest BCUT2D eigenvalue weighted by Crippen LogP contribution is -2.30. The summed E-state index contributed by atoms with van der Waals surface area (Å²) >= 11 is 0. The van der Waals surface area contributed by atoms with Gasteiger partial charge in [0, 0.05) is 12.2 Å². The molecule has 140 valence electrons. The number of benzene rings is 2. The van der Waals surface area contributed by atoms with Crippen molar-refractivity contribution in [3.05, 3.63) is 54.1 Å². The number of carbonyl (C=O) groups is 2. The van der Waals surface area contributed by atoms with E-state index in [0.717, 1.165) is 0 Å². The van der Waals surface area contributed by atoms with E-state index in [9.17, 15) is 9.59 Å². The summed E-state index contributed by atoms with van der Waals surface area (Å²) in [6, 6.07) is 15.2. The lowest BCUT2D eigenvalue weighted by molar-refractivity contribution is -0.123. The first-order valence-electron chi connectivity index (χ1n) is 8.49. The van der Waals surface area contributed by atoms with Crippen LogP contribution in [0.2, 0.25) is 0 Å². The highest BCUT2D eigenvalue weighted by molar-refractivity contribution is 5.94. The molecule has 0 aromatic heterocycles. The zero-order valence-corrected chi connectivity index (χ0v) is 15.2. The number of hydrogen-bond donors (Lipinski definition) is 2. The summed E-state index contributed by atoms with van der Waals surface area (Å²) in [6.45, 7) is 3.96. The predicted octanol–water partition coefficient (Wildman–Crippen LogP) is 2.48. The smallest absolute Gasteiger partial charge is 0.265 e. The maximum absolute atomic E-state index is 12.2. The Bertz CT molecular complexity index is 811. The number of amides is 2. The summed E-state index contributed by atoms with van der Waals surface area (Å²) < 4.78 is 10.9. The van der Waals surface area contributed by atoms with Crippen LogP contribution in [0.25, 0.3) is 0 Å². The number of nitrogens with zero attached hydrogens (tertiary/aromatic N) is 1. The molecule has 0 fully saturated rings. The third kappa shape index (κ3) is 6.36. The molecule has 0 saturated heterocycles. The Kier molecular flexibility index (Phi) is 7.20. The fourth-order valence-corrected chi connectivity index (χ4v) is 2.14. The van der Waals surface area contributed by atoms with E-state index in [2.05, 4.69) is 10.6 Å². The molecule has 0 aliphatic carbocycles. The van der Waals surface area contributed by atoms with Gasteiger partial charge in [0.1, 0.15) is 11.5 Å². The number of anilines is 1. The van der Waals surface area contributed by atoms with Gasteiger partial charge in [-0.25, -0.2) is 0 Å². The molecule has 0 saturated carbocycles. The standard InChI is InChI=1S/C20H21N3O4/c1-3-22-19(24)13-26-17-10-6-16(7-11-17)23-20(25)14(2)27-18-8-4-15(12-21)5-9-18/h4-11,14H,3,13H2,1-2H3,(H,22,24)(H,23,25). The van der Waals surface area contributed by atoms with Gasteiger partial charge in [0.25, 0.3) is 11.8 Å². The molecule has 2 amide bonds. The van der Waals surface area contributed by atoms with E-state index < -0.39 is 6.10 Å². The highest BCUT2D eigenvalue weighted by atomic mass is 16.5. The van der Waals surface area contributed by atoms with Crippen molar-refractivity contribution in [3.63, 3.8) is 0 Å². The molecule has 0 bridgehead atoms. The molecule has 1 atom stereocenters. The minimum atomic E-state index is -0.716. The SMILES string of the molecule is CCNC(=O)COc1ccc(NC(=O)C(C)Oc2ccc(C#N)cc2)cc1. The van der Waals surface area contributed by atoms with Crippen LogP contribution in [-0.4, -0.2) is 31.1 Å². The minimum Gasteiger partial charge on any atom is -0.484 e. The van der Waals surface area contributed by atoms with Crippen LogP contribution in [0.3, 0.4) is 0 Å². The van der Waals surface area contributed by atoms with Crippen LogP contribution >= 0.6 is 0 Å². The molecule has 2 aromatic carbocycles. The van der Waals surface area contributed by atoms with Crippen molar-refractivity contribution in [1.29, 1.82) is 5.26 Å². The highest BCUT2D eigenvalue weighted by Crippen LogP contribution is 2.17. The Morgan fingerprint density at radius 3 is 2.30 bits per heavy atom. The molecular formula is C20H21N3O4. The van der Waals surface area contributed by atoms with Crippen molar-refractivity contribution in [3.8, 4) is 17.6 Å². The minimum absolute atomic E-state index is 0.0605. The Morgan fingerprint density at radius 1 is 1.07 bits per heavy atom. The van der Waals surface area contributed by atoms with Crippen molar-refractivity contribution in [2.24, 2.45) is 0 Å². The molecule has 27 heavy (non-hydrogen) atoms. The van der Waals surface area contributed by atoms with Crippen LogP contribution in [0.4, 0.5) is 5.69 Å². The molecule has 2 N–H and O–H groups in total. The predicted molar refractivity (Wildman–Crippen MR) is 100 cm³/mol. The van der Waals surface area contributed by atoms with Gasteiger partial charge in [-0.15, -0.1) is 0 Å². The summed E-state index contributed by atoms with van der Waals surface area (Å²) in [5.41, 5.74) is 1.11. The van der Waals surface area contributed by atoms with E-state index in [1.54, 1.807) is 55.5 Å². The van der Waals surface area contributed by atoms with Gasteiger partial charge < -0.3 is 20.1 Å². The Hall–Kier alpha value is -3.53. The summed E-state index contributed by atoms with van der Waals surface area (Å²) in [4.78, 5) is 23.6. The van der Waals surface area contributed by atoms with Gasteiger partial charge in [0.05, 0.1) is 11.6 Å². The van der Waals surface area contributed by atoms with Crippen molar-refractivity contribution in [2.75, 3.05) is 18.5 Å². The summed E-state index contributed by atoms with van der Waals surface area (Å²) in [7, 11) is 0. The zero-order chi connectivity index (χ0) is 19.6. The number of nitrogens with one attached hydrogen (secondary N) is 2. The second kappa shape index (κ2) is 9.82. The average molecular weight is 367 g/mol. The molecule has 0 aliphatic rings. The normalized spacial score (nSPS) is 11.0. The van der Waals surface area contributed by atoms with Gasteiger partial charge in [-0.1, -0.05) is 0 Å². The van der Waals surface area contributed by atoms with Gasteiger partial charge in [0.15, 0.2) is 12.7 Å². The number of ether oxygens (including phenoxy) is 2. The van der Waals surface area contributed by atoms with Crippen LogP contribution in [0, 0.1) is 11.3 Å². The van der Waals surface area contributed by atoms with Crippen molar-refractivity contribution in [2.45, 2.75) is 20.0 Å². The molecule has 0 heterocycles. The first kappa shape index (κ1) is 19.8. The monoisotopic (exact) mass is 367 g/mol. The van der Waals surface area contributed by atoms with E-state index >= 15 is 0 Å². The van der Waals surface area contributed by atoms with Gasteiger partial charge in [-0.3, -0.25) is 9.59 Å². The van der Waals surface area contributed by atoms with Crippen LogP contribution in [0.1, 0.15) is 19.4 Å². The maximum atomic E-state index is 12.2. The number of nitriles is 1. The van der Waals surface area contributed by atoms with Crippen LogP contribution in [0.15, 0.2) is 48.5 Å². The third-order valence-electron chi connectivity index (χ3n) is 3.53. The number of hydrogen-bond acceptors (Lipinski definition) is 5. The number of likely N-dealkylation sites (N-methyl/N-ethyl adjacent to an activating group) is 1. The van der Waals surface area contributed by atoms with Gasteiger partial charge in [-0.05, 0) is 62.4 Å². The molecule has 2 rings (SSSR count). The van der Waals surface area contributed by atoms with Gasteiger partial charge >= 0.3 is 0 Å². The molecular weight excluding hydrogens is 346 g/mol. The Morgan fingerprint density at radius 2 is 1.70 bits per heavy atom. The van der Waals surface area contributed by atoms with E-state index in [0.29, 0.717) is 29.3 Å². The van der Waals surface area contributed by atoms with Crippen LogP contribution in [0.5, 0.6) is 11.5 Å². The van der Waals surface area contributed by atoms with Crippen molar-refractivity contribution >= 4 is 17.5 Å². The lowest BCUT2D eigenvalue weighted by atomic mass is 10.2. The molecule has 0 spiro atoms. The van der Waals surface area contributed by atoms with E-state index in [4.69, 9.17) is 14.7 Å². The Labute approximate surface area is 157 Å². The van der Waals surface area contributed by atoms with Crippen molar-refractivity contribution in [1.82, 2.24) is 5.32 Å². The van der Waals surface area contributed by atoms with E-state index in [1.165, 1.54) is 0 Å². The van der Waals surface area contributed by atoms with Gasteiger partial charge in [0.2, 0.25) is 0 Å². The van der Waals surface area contributed by atoms with Crippen LogP contribution < -0.4 is 20.1 Å². The summed E-state index contributed by atoms with van der Waals surface area (Å²) in [5, 5.41) is 14.2. The second-order valence-electron chi connectivity index (χ2n) is 5.65. The molecule has 1 unspecified atom stereocenters. The number of carbonyl (C=O) groups excluding carboxylic acids is 2. The fraction of sp³-hybridized carbons (Fsp3) is 0.250. The topological polar surface area (TPSA) is 100 Å². The van der Waals surface area contributed by atoms with E-state index in [1.807, 2.05) is 13.0 Å². The first-order chi connectivity index (χ1) is 13.0.